The molecule has 0 saturated carbocycles. The molecule has 1 saturated heterocycles. The summed E-state index contributed by atoms with van der Waals surface area (Å²) in [6, 6.07) is 12.6. The molecule has 206 valence electrons. The molecular weight excluding hydrogens is 517 g/mol. The summed E-state index contributed by atoms with van der Waals surface area (Å²) in [5.74, 6) is -1.99. The van der Waals surface area contributed by atoms with E-state index in [2.05, 4.69) is 4.98 Å². The smallest absolute Gasteiger partial charge is 0.416 e. The molecule has 3 aromatic rings. The molecular formula is C27H27F3N4O5. The number of primary amides is 1. The van der Waals surface area contributed by atoms with Gasteiger partial charge in [-0.2, -0.15) is 13.2 Å². The minimum absolute atomic E-state index is 0.0752. The van der Waals surface area contributed by atoms with Crippen molar-refractivity contribution in [3.8, 4) is 17.0 Å². The molecule has 1 fully saturated rings. The zero-order valence-electron chi connectivity index (χ0n) is 20.8. The van der Waals surface area contributed by atoms with Gasteiger partial charge in [0.15, 0.2) is 0 Å². The number of morpholine rings is 1. The lowest BCUT2D eigenvalue weighted by Gasteiger charge is -2.30. The molecule has 4 N–H and O–H groups in total. The Morgan fingerprint density at radius 2 is 1.82 bits per heavy atom. The number of hydroxylamine groups is 1. The SMILES string of the molecule is NC(=O)c1ccc(OCc2ccnc(-c3ccc(C(F)(F)F)cc3)c2)cc1[C@@H](CN1CCOCC1)C(=O)NO. The van der Waals surface area contributed by atoms with E-state index in [9.17, 15) is 28.0 Å². The second-order valence-electron chi connectivity index (χ2n) is 8.97. The summed E-state index contributed by atoms with van der Waals surface area (Å²) in [6.45, 7) is 2.47. The summed E-state index contributed by atoms with van der Waals surface area (Å²) in [6.07, 6.45) is -2.90. The number of rotatable bonds is 9. The second kappa shape index (κ2) is 12.2. The molecule has 12 heteroatoms. The number of benzene rings is 2. The van der Waals surface area contributed by atoms with Gasteiger partial charge in [0.25, 0.3) is 5.91 Å². The van der Waals surface area contributed by atoms with Gasteiger partial charge in [0, 0.05) is 37.0 Å². The van der Waals surface area contributed by atoms with Crippen molar-refractivity contribution in [3.05, 3.63) is 83.0 Å². The summed E-state index contributed by atoms with van der Waals surface area (Å²) in [7, 11) is 0. The number of halogens is 3. The summed E-state index contributed by atoms with van der Waals surface area (Å²) < 4.78 is 49.9. The summed E-state index contributed by atoms with van der Waals surface area (Å²) in [5, 5.41) is 9.37. The highest BCUT2D eigenvalue weighted by atomic mass is 19.4. The van der Waals surface area contributed by atoms with E-state index in [0.717, 1.165) is 12.1 Å². The molecule has 0 spiro atoms. The van der Waals surface area contributed by atoms with Crippen molar-refractivity contribution >= 4 is 11.8 Å². The predicted molar refractivity (Wildman–Crippen MR) is 134 cm³/mol. The number of alkyl halides is 3. The van der Waals surface area contributed by atoms with Crippen LogP contribution in [0.1, 0.15) is 33.0 Å². The molecule has 0 radical (unpaired) electrons. The third kappa shape index (κ3) is 7.11. The van der Waals surface area contributed by atoms with Gasteiger partial charge in [-0.25, -0.2) is 5.48 Å². The van der Waals surface area contributed by atoms with Gasteiger partial charge in [0.1, 0.15) is 12.4 Å². The number of aromatic nitrogens is 1. The van der Waals surface area contributed by atoms with Crippen LogP contribution in [0.2, 0.25) is 0 Å². The van der Waals surface area contributed by atoms with Crippen molar-refractivity contribution in [1.29, 1.82) is 0 Å². The monoisotopic (exact) mass is 544 g/mol. The molecule has 0 unspecified atom stereocenters. The van der Waals surface area contributed by atoms with Crippen LogP contribution in [0, 0.1) is 0 Å². The van der Waals surface area contributed by atoms with Crippen molar-refractivity contribution in [2.75, 3.05) is 32.8 Å². The van der Waals surface area contributed by atoms with Crippen LogP contribution in [-0.4, -0.2) is 59.8 Å². The first kappa shape index (κ1) is 28.0. The Labute approximate surface area is 222 Å². The minimum Gasteiger partial charge on any atom is -0.489 e. The van der Waals surface area contributed by atoms with Crippen LogP contribution in [-0.2, 0) is 22.3 Å². The Morgan fingerprint density at radius 1 is 1.10 bits per heavy atom. The van der Waals surface area contributed by atoms with Crippen LogP contribution in [0.3, 0.4) is 0 Å². The van der Waals surface area contributed by atoms with E-state index in [0.29, 0.717) is 54.4 Å². The maximum Gasteiger partial charge on any atom is 0.416 e. The van der Waals surface area contributed by atoms with Gasteiger partial charge < -0.3 is 15.2 Å². The first-order valence-electron chi connectivity index (χ1n) is 12.1. The molecule has 2 aromatic carbocycles. The molecule has 9 nitrogen and oxygen atoms in total. The Balaban J connectivity index is 1.54. The Kier molecular flexibility index (Phi) is 8.79. The van der Waals surface area contributed by atoms with E-state index >= 15 is 0 Å². The first-order valence-corrected chi connectivity index (χ1v) is 12.1. The van der Waals surface area contributed by atoms with E-state index in [1.807, 2.05) is 4.90 Å². The number of carbonyl (C=O) groups excluding carboxylic acids is 2. The molecule has 0 aliphatic carbocycles. The standard InChI is InChI=1S/C27H27F3N4O5/c28-27(29,30)19-3-1-18(2-4-19)24-13-17(7-8-32-24)16-39-20-5-6-21(25(31)35)22(14-20)23(26(36)33-37)15-34-9-11-38-12-10-34/h1-8,13-14,23,37H,9-12,15-16H2,(H2,31,35)(H,33,36)/t23-/m1/s1. The normalized spacial score (nSPS) is 15.0. The van der Waals surface area contributed by atoms with E-state index in [1.165, 1.54) is 24.4 Å². The van der Waals surface area contributed by atoms with Crippen molar-refractivity contribution < 1.29 is 37.4 Å². The lowest BCUT2D eigenvalue weighted by molar-refractivity contribution is -0.137. The lowest BCUT2D eigenvalue weighted by Crippen LogP contribution is -2.42. The number of nitrogens with zero attached hydrogens (tertiary/aromatic N) is 2. The van der Waals surface area contributed by atoms with E-state index in [-0.39, 0.29) is 18.7 Å². The fourth-order valence-corrected chi connectivity index (χ4v) is 4.30. The maximum absolute atomic E-state index is 12.9. The van der Waals surface area contributed by atoms with Gasteiger partial charge in [0.05, 0.1) is 30.4 Å². The van der Waals surface area contributed by atoms with Crippen LogP contribution in [0.5, 0.6) is 5.75 Å². The van der Waals surface area contributed by atoms with Crippen LogP contribution in [0.25, 0.3) is 11.3 Å². The summed E-state index contributed by atoms with van der Waals surface area (Å²) >= 11 is 0. The highest BCUT2D eigenvalue weighted by Crippen LogP contribution is 2.31. The topological polar surface area (TPSA) is 127 Å². The molecule has 4 rings (SSSR count). The van der Waals surface area contributed by atoms with Crippen LogP contribution in [0.4, 0.5) is 13.2 Å². The van der Waals surface area contributed by atoms with Crippen LogP contribution in [0.15, 0.2) is 60.8 Å². The highest BCUT2D eigenvalue weighted by molar-refractivity contribution is 5.97. The number of hydrogen-bond donors (Lipinski definition) is 3. The lowest BCUT2D eigenvalue weighted by atomic mass is 9.92. The largest absolute Gasteiger partial charge is 0.489 e. The van der Waals surface area contributed by atoms with Crippen LogP contribution >= 0.6 is 0 Å². The average Bonchev–Trinajstić information content (AvgIpc) is 2.94. The number of nitrogens with two attached hydrogens (primary N) is 1. The molecule has 1 aromatic heterocycles. The van der Waals surface area contributed by atoms with Gasteiger partial charge in [-0.05, 0) is 53.6 Å². The number of nitrogens with one attached hydrogen (secondary N) is 1. The third-order valence-corrected chi connectivity index (χ3v) is 6.37. The van der Waals surface area contributed by atoms with Gasteiger partial charge in [-0.3, -0.25) is 24.7 Å². The maximum atomic E-state index is 12.9. The predicted octanol–water partition coefficient (Wildman–Crippen LogP) is 3.37. The van der Waals surface area contributed by atoms with Gasteiger partial charge >= 0.3 is 6.18 Å². The fraction of sp³-hybridized carbons (Fsp3) is 0.296. The van der Waals surface area contributed by atoms with Gasteiger partial charge in [-0.1, -0.05) is 12.1 Å². The summed E-state index contributed by atoms with van der Waals surface area (Å²) in [5.41, 5.74) is 8.60. The molecule has 2 heterocycles. The van der Waals surface area contributed by atoms with Gasteiger partial charge in [-0.15, -0.1) is 0 Å². The molecule has 2 amide bonds. The van der Waals surface area contributed by atoms with E-state index < -0.39 is 29.5 Å². The van der Waals surface area contributed by atoms with E-state index in [1.54, 1.807) is 29.7 Å². The fourth-order valence-electron chi connectivity index (χ4n) is 4.30. The van der Waals surface area contributed by atoms with E-state index in [4.69, 9.17) is 15.2 Å². The third-order valence-electron chi connectivity index (χ3n) is 6.37. The quantitative estimate of drug-likeness (QED) is 0.279. The zero-order valence-corrected chi connectivity index (χ0v) is 20.8. The van der Waals surface area contributed by atoms with Crippen LogP contribution < -0.4 is 16.0 Å². The van der Waals surface area contributed by atoms with Crippen molar-refractivity contribution in [3.63, 3.8) is 0 Å². The zero-order chi connectivity index (χ0) is 28.0. The average molecular weight is 545 g/mol. The molecule has 0 bridgehead atoms. The molecule has 1 aliphatic heterocycles. The number of hydrogen-bond acceptors (Lipinski definition) is 7. The Bertz CT molecular complexity index is 1310. The minimum atomic E-state index is -4.43. The number of carbonyl (C=O) groups is 2. The first-order chi connectivity index (χ1) is 18.7. The van der Waals surface area contributed by atoms with Gasteiger partial charge in [0.2, 0.25) is 5.91 Å². The molecule has 1 aliphatic rings. The van der Waals surface area contributed by atoms with Crippen molar-refractivity contribution in [2.24, 2.45) is 5.73 Å². The number of amides is 2. The number of ether oxygens (including phenoxy) is 2. The second-order valence-corrected chi connectivity index (χ2v) is 8.97. The summed E-state index contributed by atoms with van der Waals surface area (Å²) in [4.78, 5) is 31.0. The van der Waals surface area contributed by atoms with Crippen molar-refractivity contribution in [1.82, 2.24) is 15.4 Å². The van der Waals surface area contributed by atoms with Crippen molar-refractivity contribution in [2.45, 2.75) is 18.7 Å². The Hall–Kier alpha value is -4.00. The number of pyridine rings is 1. The highest BCUT2D eigenvalue weighted by Gasteiger charge is 2.30. The molecule has 39 heavy (non-hydrogen) atoms. The molecule has 1 atom stereocenters. The Morgan fingerprint density at radius 3 is 2.46 bits per heavy atom.